The third-order valence-electron chi connectivity index (χ3n) is 12.1. The Balaban J connectivity index is 1.46. The van der Waals surface area contributed by atoms with Crippen LogP contribution in [0.15, 0.2) is 103 Å². The number of aliphatic hydroxyl groups is 2. The highest BCUT2D eigenvalue weighted by molar-refractivity contribution is 6.03. The number of carbonyl (C=O) groups is 1. The smallest absolute Gasteiger partial charge is 0.416 e. The van der Waals surface area contributed by atoms with Crippen molar-refractivity contribution < 1.29 is 53.2 Å². The number of ether oxygens (including phenoxy) is 6. The molecule has 0 aromatic heterocycles. The predicted octanol–water partition coefficient (Wildman–Crippen LogP) is 9.02. The fourth-order valence-electron chi connectivity index (χ4n) is 9.42. The molecule has 4 aliphatic rings. The minimum Gasteiger partial charge on any atom is -0.490 e. The lowest BCUT2D eigenvalue weighted by molar-refractivity contribution is -0.384. The van der Waals surface area contributed by atoms with Crippen molar-refractivity contribution in [2.45, 2.75) is 95.6 Å². The van der Waals surface area contributed by atoms with Crippen LogP contribution in [0.3, 0.4) is 0 Å². The first kappa shape index (κ1) is 46.1. The molecule has 2 N–H and O–H groups in total. The normalized spacial score (nSPS) is 23.5. The van der Waals surface area contributed by atoms with Gasteiger partial charge in [0.15, 0.2) is 11.5 Å². The van der Waals surface area contributed by atoms with E-state index >= 15 is 4.79 Å². The number of nitrogens with zero attached hydrogens (tertiary/aromatic N) is 3. The van der Waals surface area contributed by atoms with Crippen LogP contribution in [0, 0.1) is 27.9 Å². The topological polar surface area (TPSA) is 181 Å². The van der Waals surface area contributed by atoms with Gasteiger partial charge in [-0.3, -0.25) is 15.0 Å². The van der Waals surface area contributed by atoms with Crippen LogP contribution >= 0.6 is 0 Å². The number of allylic oxidation sites excluding steroid dienone is 1. The first-order chi connectivity index (χ1) is 30.9. The Hall–Kier alpha value is -5.90. The van der Waals surface area contributed by atoms with E-state index < -0.39 is 34.4 Å². The van der Waals surface area contributed by atoms with Gasteiger partial charge in [0.1, 0.15) is 35.5 Å². The summed E-state index contributed by atoms with van der Waals surface area (Å²) in [4.78, 5) is 33.9. The number of oxime groups is 1. The molecule has 342 valence electrons. The van der Waals surface area contributed by atoms with E-state index in [1.165, 1.54) is 24.3 Å². The molecule has 1 fully saturated rings. The number of rotatable bonds is 20. The molecule has 2 aliphatic carbocycles. The molecule has 15 heteroatoms. The van der Waals surface area contributed by atoms with Gasteiger partial charge in [-0.2, -0.15) is 0 Å². The molecule has 3 aromatic rings. The average Bonchev–Trinajstić information content (AvgIpc) is 3.75. The second-order valence-corrected chi connectivity index (χ2v) is 17.5. The van der Waals surface area contributed by atoms with Gasteiger partial charge in [0, 0.05) is 49.8 Å². The molecular formula is C49H59N3O12. The molecule has 3 aromatic carbocycles. The van der Waals surface area contributed by atoms with Crippen LogP contribution < -0.4 is 23.7 Å². The highest BCUT2D eigenvalue weighted by Crippen LogP contribution is 2.62. The van der Waals surface area contributed by atoms with E-state index in [-0.39, 0.29) is 68.8 Å². The summed E-state index contributed by atoms with van der Waals surface area (Å²) in [5.74, 6) is -0.0645. The Morgan fingerprint density at radius 2 is 1.64 bits per heavy atom. The van der Waals surface area contributed by atoms with Crippen LogP contribution in [0.1, 0.15) is 82.8 Å². The van der Waals surface area contributed by atoms with E-state index in [9.17, 15) is 20.3 Å². The van der Waals surface area contributed by atoms with Gasteiger partial charge in [-0.25, -0.2) is 4.79 Å². The SMILES string of the molecule is C=CCOc1ccc2c(c1)C1C(CCCCO)C(CCCCO)C=C3C(=NOC(C)(C)C)CC(N(Cc4ccc5c(c4)OCO5)C(=O)Oc4ccc([N+](=O)[O-])cc4)C(OCC=C)(O2)C31. The molecular weight excluding hydrogens is 823 g/mol. The lowest BCUT2D eigenvalue weighted by Gasteiger charge is -2.60. The van der Waals surface area contributed by atoms with Crippen LogP contribution in [-0.4, -0.2) is 82.5 Å². The van der Waals surface area contributed by atoms with E-state index in [2.05, 4.69) is 19.2 Å². The van der Waals surface area contributed by atoms with Crippen molar-refractivity contribution in [3.05, 3.63) is 119 Å². The number of carbonyl (C=O) groups excluding carboxylic acids is 1. The van der Waals surface area contributed by atoms with Crippen molar-refractivity contribution >= 4 is 17.5 Å². The van der Waals surface area contributed by atoms with Gasteiger partial charge in [0.2, 0.25) is 12.6 Å². The van der Waals surface area contributed by atoms with Crippen molar-refractivity contribution in [2.24, 2.45) is 22.9 Å². The number of nitro groups is 1. The molecule has 15 nitrogen and oxygen atoms in total. The number of hydrogen-bond donors (Lipinski definition) is 2. The molecule has 1 saturated carbocycles. The molecule has 64 heavy (non-hydrogen) atoms. The number of hydrogen-bond acceptors (Lipinski definition) is 13. The second-order valence-electron chi connectivity index (χ2n) is 17.5. The zero-order chi connectivity index (χ0) is 45.4. The van der Waals surface area contributed by atoms with Gasteiger partial charge in [-0.1, -0.05) is 48.9 Å². The molecule has 0 radical (unpaired) electrons. The summed E-state index contributed by atoms with van der Waals surface area (Å²) in [5, 5.41) is 36.3. The second kappa shape index (κ2) is 20.3. The zero-order valence-corrected chi connectivity index (χ0v) is 36.8. The largest absolute Gasteiger partial charge is 0.490 e. The van der Waals surface area contributed by atoms with Crippen molar-refractivity contribution in [3.8, 4) is 28.7 Å². The van der Waals surface area contributed by atoms with Crippen LogP contribution in [0.4, 0.5) is 10.5 Å². The van der Waals surface area contributed by atoms with E-state index in [4.69, 9.17) is 38.4 Å². The number of unbranched alkanes of at least 4 members (excludes halogenated alkanes) is 2. The highest BCUT2D eigenvalue weighted by atomic mass is 16.7. The van der Waals surface area contributed by atoms with Crippen LogP contribution in [-0.2, 0) is 16.1 Å². The molecule has 0 saturated heterocycles. The highest BCUT2D eigenvalue weighted by Gasteiger charge is 2.66. The molecule has 6 unspecified atom stereocenters. The third kappa shape index (κ3) is 10.1. The molecule has 0 spiro atoms. The van der Waals surface area contributed by atoms with Crippen molar-refractivity contribution in [2.75, 3.05) is 33.2 Å². The summed E-state index contributed by atoms with van der Waals surface area (Å²) >= 11 is 0. The fraction of sp³-hybridized carbons (Fsp3) is 0.469. The van der Waals surface area contributed by atoms with Crippen molar-refractivity contribution in [1.29, 1.82) is 0 Å². The number of non-ortho nitro benzene ring substituents is 1. The number of amides is 1. The standard InChI is InChI=1S/C49H59N3O12/c1-6-24-58-36-19-21-41-39(28-36)45-37(13-9-11-23-54)33(12-8-10-22-53)27-38-40(50-64-48(3,4)5)29-44(49(63-41,46(38)45)61-25-7-2)51(30-32-14-20-42-43(26-32)60-31-59-42)47(55)62-35-17-15-34(16-18-35)52(56)57/h6-7,14-21,26-28,33,37,44-46,53-54H,1-2,8-13,22-25,29-31H2,3-5H3. The Bertz CT molecular complexity index is 2220. The zero-order valence-electron chi connectivity index (χ0n) is 36.8. The quantitative estimate of drug-likeness (QED) is 0.0477. The fourth-order valence-corrected chi connectivity index (χ4v) is 9.42. The predicted molar refractivity (Wildman–Crippen MR) is 239 cm³/mol. The number of fused-ring (bicyclic) bond motifs is 3. The third-order valence-corrected chi connectivity index (χ3v) is 12.1. The van der Waals surface area contributed by atoms with Gasteiger partial charge in [-0.05, 0) is 112 Å². The van der Waals surface area contributed by atoms with Crippen LogP contribution in [0.2, 0.25) is 0 Å². The molecule has 6 atom stereocenters. The van der Waals surface area contributed by atoms with Crippen LogP contribution in [0.25, 0.3) is 0 Å². The minimum atomic E-state index is -1.59. The van der Waals surface area contributed by atoms with E-state index in [0.29, 0.717) is 53.7 Å². The van der Waals surface area contributed by atoms with Gasteiger partial charge >= 0.3 is 6.09 Å². The summed E-state index contributed by atoms with van der Waals surface area (Å²) in [6.07, 6.45) is 9.30. The summed E-state index contributed by atoms with van der Waals surface area (Å²) in [5.41, 5.74) is 2.26. The average molecular weight is 882 g/mol. The molecule has 0 bridgehead atoms. The maximum absolute atomic E-state index is 15.1. The van der Waals surface area contributed by atoms with Gasteiger partial charge in [-0.15, -0.1) is 6.58 Å². The van der Waals surface area contributed by atoms with Crippen molar-refractivity contribution in [1.82, 2.24) is 4.90 Å². The summed E-state index contributed by atoms with van der Waals surface area (Å²) in [6.45, 7) is 14.1. The Morgan fingerprint density at radius 3 is 2.34 bits per heavy atom. The van der Waals surface area contributed by atoms with Gasteiger partial charge in [0.25, 0.3) is 5.69 Å². The Kier molecular flexibility index (Phi) is 14.6. The molecule has 2 heterocycles. The maximum Gasteiger partial charge on any atom is 0.416 e. The summed E-state index contributed by atoms with van der Waals surface area (Å²) in [7, 11) is 0. The number of nitro benzene ring substituents is 1. The van der Waals surface area contributed by atoms with E-state index in [1.807, 2.05) is 51.1 Å². The Morgan fingerprint density at radius 1 is 0.938 bits per heavy atom. The minimum absolute atomic E-state index is 0.00950. The van der Waals surface area contributed by atoms with E-state index in [1.54, 1.807) is 23.1 Å². The van der Waals surface area contributed by atoms with Gasteiger partial charge < -0.3 is 43.5 Å². The summed E-state index contributed by atoms with van der Waals surface area (Å²) < 4.78 is 38.0. The van der Waals surface area contributed by atoms with E-state index in [0.717, 1.165) is 36.8 Å². The molecule has 7 rings (SSSR count). The van der Waals surface area contributed by atoms with Crippen molar-refractivity contribution in [3.63, 3.8) is 0 Å². The van der Waals surface area contributed by atoms with Crippen LogP contribution in [0.5, 0.6) is 28.7 Å². The first-order valence-corrected chi connectivity index (χ1v) is 22.0. The Labute approximate surface area is 374 Å². The lowest BCUT2D eigenvalue weighted by atomic mass is 9.55. The van der Waals surface area contributed by atoms with Gasteiger partial charge in [0.05, 0.1) is 23.2 Å². The lowest BCUT2D eigenvalue weighted by Crippen LogP contribution is -2.70. The number of benzene rings is 3. The first-order valence-electron chi connectivity index (χ1n) is 22.0. The summed E-state index contributed by atoms with van der Waals surface area (Å²) in [6, 6.07) is 15.6. The monoisotopic (exact) mass is 881 g/mol. The molecule has 2 aliphatic heterocycles. The maximum atomic E-state index is 15.1. The molecule has 1 amide bonds. The number of aliphatic hydroxyl groups excluding tert-OH is 2.